The Morgan fingerprint density at radius 2 is 2.00 bits per heavy atom. The van der Waals surface area contributed by atoms with Crippen LogP contribution in [0.1, 0.15) is 32.1 Å². The maximum Gasteiger partial charge on any atom is 0.0468 e. The van der Waals surface area contributed by atoms with Crippen LogP contribution in [0.4, 0.5) is 0 Å². The highest BCUT2D eigenvalue weighted by Crippen LogP contribution is 2.19. The molecule has 2 fully saturated rings. The Balaban J connectivity index is 1.57. The zero-order valence-corrected chi connectivity index (χ0v) is 11.3. The van der Waals surface area contributed by atoms with E-state index in [1.807, 2.05) is 0 Å². The number of nitrogens with zero attached hydrogens (tertiary/aromatic N) is 1. The molecular weight excluding hydrogens is 212 g/mol. The van der Waals surface area contributed by atoms with E-state index in [2.05, 4.69) is 17.3 Å². The molecule has 2 heterocycles. The third-order valence-corrected chi connectivity index (χ3v) is 4.23. The predicted octanol–water partition coefficient (Wildman–Crippen LogP) is 1.73. The third kappa shape index (κ3) is 4.94. The van der Waals surface area contributed by atoms with E-state index in [9.17, 15) is 0 Å². The molecule has 0 radical (unpaired) electrons. The quantitative estimate of drug-likeness (QED) is 0.792. The Morgan fingerprint density at radius 3 is 2.71 bits per heavy atom. The van der Waals surface area contributed by atoms with Gasteiger partial charge in [0.15, 0.2) is 0 Å². The van der Waals surface area contributed by atoms with Gasteiger partial charge in [-0.25, -0.2) is 0 Å². The molecule has 2 aliphatic rings. The second-order valence-electron chi connectivity index (χ2n) is 5.82. The number of hydrogen-bond donors (Lipinski definition) is 1. The Hall–Kier alpha value is -0.120. The topological polar surface area (TPSA) is 24.5 Å². The van der Waals surface area contributed by atoms with Crippen LogP contribution in [-0.2, 0) is 4.74 Å². The van der Waals surface area contributed by atoms with Gasteiger partial charge in [0.25, 0.3) is 0 Å². The lowest BCUT2D eigenvalue weighted by Gasteiger charge is -2.29. The molecule has 2 aliphatic heterocycles. The van der Waals surface area contributed by atoms with Gasteiger partial charge in [0.05, 0.1) is 0 Å². The first-order chi connectivity index (χ1) is 8.34. The Labute approximate surface area is 106 Å². The Morgan fingerprint density at radius 1 is 1.18 bits per heavy atom. The minimum atomic E-state index is 0.878. The normalized spacial score (nSPS) is 27.5. The van der Waals surface area contributed by atoms with Crippen molar-refractivity contribution in [1.29, 1.82) is 0 Å². The maximum atomic E-state index is 5.41. The van der Waals surface area contributed by atoms with Gasteiger partial charge in [-0.05, 0) is 70.6 Å². The molecule has 1 unspecified atom stereocenters. The molecule has 17 heavy (non-hydrogen) atoms. The molecular formula is C14H28N2O. The van der Waals surface area contributed by atoms with Crippen LogP contribution >= 0.6 is 0 Å². The van der Waals surface area contributed by atoms with Gasteiger partial charge in [-0.2, -0.15) is 0 Å². The highest BCUT2D eigenvalue weighted by Gasteiger charge is 2.17. The van der Waals surface area contributed by atoms with E-state index in [1.165, 1.54) is 58.3 Å². The van der Waals surface area contributed by atoms with Crippen molar-refractivity contribution < 1.29 is 4.74 Å². The monoisotopic (exact) mass is 240 g/mol. The number of hydrogen-bond acceptors (Lipinski definition) is 3. The van der Waals surface area contributed by atoms with Crippen LogP contribution in [0, 0.1) is 11.8 Å². The van der Waals surface area contributed by atoms with Crippen LogP contribution in [0.2, 0.25) is 0 Å². The molecule has 3 heteroatoms. The van der Waals surface area contributed by atoms with Crippen molar-refractivity contribution in [2.75, 3.05) is 46.4 Å². The first-order valence-electron chi connectivity index (χ1n) is 7.31. The zero-order chi connectivity index (χ0) is 11.9. The lowest BCUT2D eigenvalue weighted by molar-refractivity contribution is 0.0603. The summed E-state index contributed by atoms with van der Waals surface area (Å²) in [6.45, 7) is 6.96. The molecule has 2 saturated heterocycles. The van der Waals surface area contributed by atoms with Gasteiger partial charge in [-0.1, -0.05) is 0 Å². The summed E-state index contributed by atoms with van der Waals surface area (Å²) in [5.41, 5.74) is 0. The number of ether oxygens (including phenoxy) is 1. The predicted molar refractivity (Wildman–Crippen MR) is 71.3 cm³/mol. The molecule has 0 aromatic rings. The van der Waals surface area contributed by atoms with Crippen molar-refractivity contribution in [1.82, 2.24) is 10.2 Å². The summed E-state index contributed by atoms with van der Waals surface area (Å²) >= 11 is 0. The molecule has 0 spiro atoms. The molecule has 1 N–H and O–H groups in total. The van der Waals surface area contributed by atoms with Crippen LogP contribution < -0.4 is 5.32 Å². The Kier molecular flexibility index (Phi) is 5.75. The molecule has 0 aromatic heterocycles. The third-order valence-electron chi connectivity index (χ3n) is 4.23. The molecule has 3 nitrogen and oxygen atoms in total. The van der Waals surface area contributed by atoms with Gasteiger partial charge in [-0.15, -0.1) is 0 Å². The molecule has 0 saturated carbocycles. The average molecular weight is 240 g/mol. The van der Waals surface area contributed by atoms with Gasteiger partial charge in [0.1, 0.15) is 0 Å². The van der Waals surface area contributed by atoms with Crippen molar-refractivity contribution in [2.45, 2.75) is 32.1 Å². The smallest absolute Gasteiger partial charge is 0.0468 e. The average Bonchev–Trinajstić information content (AvgIpc) is 2.39. The fourth-order valence-corrected chi connectivity index (χ4v) is 3.05. The van der Waals surface area contributed by atoms with Crippen LogP contribution in [-0.4, -0.2) is 51.3 Å². The van der Waals surface area contributed by atoms with Crippen molar-refractivity contribution in [3.63, 3.8) is 0 Å². The summed E-state index contributed by atoms with van der Waals surface area (Å²) < 4.78 is 5.41. The molecule has 2 rings (SSSR count). The lowest BCUT2D eigenvalue weighted by Crippen LogP contribution is -2.37. The van der Waals surface area contributed by atoms with Gasteiger partial charge >= 0.3 is 0 Å². The summed E-state index contributed by atoms with van der Waals surface area (Å²) in [4.78, 5) is 2.53. The van der Waals surface area contributed by atoms with Gasteiger partial charge in [0.2, 0.25) is 0 Å². The van der Waals surface area contributed by atoms with Gasteiger partial charge in [0, 0.05) is 19.8 Å². The highest BCUT2D eigenvalue weighted by molar-refractivity contribution is 4.72. The molecule has 0 amide bonds. The number of rotatable bonds is 5. The van der Waals surface area contributed by atoms with E-state index in [0.717, 1.165) is 25.0 Å². The van der Waals surface area contributed by atoms with Crippen molar-refractivity contribution in [3.05, 3.63) is 0 Å². The summed E-state index contributed by atoms with van der Waals surface area (Å²) in [5, 5.41) is 3.50. The van der Waals surface area contributed by atoms with Crippen LogP contribution in [0.15, 0.2) is 0 Å². The Bertz CT molecular complexity index is 198. The second kappa shape index (κ2) is 7.34. The minimum absolute atomic E-state index is 0.878. The van der Waals surface area contributed by atoms with E-state index in [-0.39, 0.29) is 0 Å². The summed E-state index contributed by atoms with van der Waals surface area (Å²) in [7, 11) is 2.29. The minimum Gasteiger partial charge on any atom is -0.381 e. The number of piperidine rings is 1. The van der Waals surface area contributed by atoms with E-state index in [0.29, 0.717) is 0 Å². The SMILES string of the molecule is CN(CCC1CCOCC1)CC1CCCNC1. The first-order valence-corrected chi connectivity index (χ1v) is 7.31. The van der Waals surface area contributed by atoms with E-state index >= 15 is 0 Å². The molecule has 0 bridgehead atoms. The molecule has 100 valence electrons. The fourth-order valence-electron chi connectivity index (χ4n) is 3.05. The fraction of sp³-hybridized carbons (Fsp3) is 1.00. The summed E-state index contributed by atoms with van der Waals surface area (Å²) in [6.07, 6.45) is 6.69. The van der Waals surface area contributed by atoms with Gasteiger partial charge in [-0.3, -0.25) is 0 Å². The van der Waals surface area contributed by atoms with Crippen LogP contribution in [0.3, 0.4) is 0 Å². The molecule has 0 aliphatic carbocycles. The van der Waals surface area contributed by atoms with Crippen molar-refractivity contribution in [2.24, 2.45) is 11.8 Å². The zero-order valence-electron chi connectivity index (χ0n) is 11.3. The van der Waals surface area contributed by atoms with Crippen molar-refractivity contribution >= 4 is 0 Å². The number of nitrogens with one attached hydrogen (secondary N) is 1. The van der Waals surface area contributed by atoms with E-state index in [4.69, 9.17) is 4.74 Å². The maximum absolute atomic E-state index is 5.41. The lowest BCUT2D eigenvalue weighted by atomic mass is 9.95. The largest absolute Gasteiger partial charge is 0.381 e. The standard InChI is InChI=1S/C14H28N2O/c1-16(12-14-3-2-7-15-11-14)8-4-13-5-9-17-10-6-13/h13-15H,2-12H2,1H3. The summed E-state index contributed by atoms with van der Waals surface area (Å²) in [6, 6.07) is 0. The first kappa shape index (κ1) is 13.3. The van der Waals surface area contributed by atoms with Crippen molar-refractivity contribution in [3.8, 4) is 0 Å². The molecule has 1 atom stereocenters. The van der Waals surface area contributed by atoms with E-state index in [1.54, 1.807) is 0 Å². The van der Waals surface area contributed by atoms with Crippen LogP contribution in [0.25, 0.3) is 0 Å². The molecule has 0 aromatic carbocycles. The van der Waals surface area contributed by atoms with Crippen LogP contribution in [0.5, 0.6) is 0 Å². The summed E-state index contributed by atoms with van der Waals surface area (Å²) in [5.74, 6) is 1.79. The van der Waals surface area contributed by atoms with Gasteiger partial charge < -0.3 is 15.0 Å². The highest BCUT2D eigenvalue weighted by atomic mass is 16.5. The van der Waals surface area contributed by atoms with E-state index < -0.39 is 0 Å². The second-order valence-corrected chi connectivity index (χ2v) is 5.82.